The molecule has 0 spiro atoms. The topological polar surface area (TPSA) is 59.3 Å². The third-order valence-electron chi connectivity index (χ3n) is 2.22. The predicted octanol–water partition coefficient (Wildman–Crippen LogP) is 2.68. The minimum Gasteiger partial charge on any atom is -0.497 e. The van der Waals surface area contributed by atoms with Crippen molar-refractivity contribution in [3.8, 4) is 11.8 Å². The number of alkyl halides is 2. The second-order valence-corrected chi connectivity index (χ2v) is 3.27. The molecule has 0 amide bonds. The van der Waals surface area contributed by atoms with Gasteiger partial charge in [0.05, 0.1) is 24.8 Å². The molecule has 0 aliphatic carbocycles. The highest BCUT2D eigenvalue weighted by Gasteiger charge is 2.22. The van der Waals surface area contributed by atoms with E-state index in [0.717, 1.165) is 6.07 Å². The summed E-state index contributed by atoms with van der Waals surface area (Å²) in [5.41, 5.74) is -1.14. The summed E-state index contributed by atoms with van der Waals surface area (Å²) in [7, 11) is 1.28. The molecule has 0 N–H and O–H groups in total. The van der Waals surface area contributed by atoms with Crippen LogP contribution in [0.4, 0.5) is 8.78 Å². The Kier molecular flexibility index (Phi) is 4.60. The number of halogens is 2. The van der Waals surface area contributed by atoms with E-state index >= 15 is 0 Å². The molecule has 0 aromatic heterocycles. The van der Waals surface area contributed by atoms with Crippen molar-refractivity contribution in [3.63, 3.8) is 0 Å². The highest BCUT2D eigenvalue weighted by atomic mass is 19.3. The van der Waals surface area contributed by atoms with Crippen molar-refractivity contribution in [1.82, 2.24) is 0 Å². The van der Waals surface area contributed by atoms with E-state index in [1.165, 1.54) is 13.2 Å². The van der Waals surface area contributed by atoms with E-state index in [-0.39, 0.29) is 23.5 Å². The Labute approximate surface area is 103 Å². The van der Waals surface area contributed by atoms with Gasteiger partial charge in [0.2, 0.25) is 0 Å². The molecule has 0 bridgehead atoms. The standard InChI is InChI=1S/C12H11F2NO3/c1-3-18-12(16)9-5-7(17-2)4-8(11(13)14)10(9)6-15/h4-5,11H,3H2,1-2H3. The number of carbonyl (C=O) groups is 1. The van der Waals surface area contributed by atoms with Gasteiger partial charge in [-0.2, -0.15) is 5.26 Å². The summed E-state index contributed by atoms with van der Waals surface area (Å²) < 4.78 is 35.1. The molecule has 0 heterocycles. The Balaban J connectivity index is 3.43. The van der Waals surface area contributed by atoms with Crippen LogP contribution < -0.4 is 4.74 Å². The smallest absolute Gasteiger partial charge is 0.339 e. The molecule has 1 rings (SSSR count). The lowest BCUT2D eigenvalue weighted by molar-refractivity contribution is 0.0525. The summed E-state index contributed by atoms with van der Waals surface area (Å²) in [6, 6.07) is 3.84. The molecule has 0 fully saturated rings. The molecule has 0 atom stereocenters. The Morgan fingerprint density at radius 2 is 2.17 bits per heavy atom. The number of nitrogens with zero attached hydrogens (tertiary/aromatic N) is 1. The van der Waals surface area contributed by atoms with Gasteiger partial charge in [-0.05, 0) is 19.1 Å². The maximum Gasteiger partial charge on any atom is 0.339 e. The molecular weight excluding hydrogens is 244 g/mol. The SMILES string of the molecule is CCOC(=O)c1cc(OC)cc(C(F)F)c1C#N. The number of nitriles is 1. The van der Waals surface area contributed by atoms with Gasteiger partial charge in [-0.25, -0.2) is 13.6 Å². The number of carbonyl (C=O) groups excluding carboxylic acids is 1. The van der Waals surface area contributed by atoms with Gasteiger partial charge in [0, 0.05) is 5.56 Å². The summed E-state index contributed by atoms with van der Waals surface area (Å²) in [5, 5.41) is 8.90. The zero-order valence-electron chi connectivity index (χ0n) is 9.87. The van der Waals surface area contributed by atoms with Crippen LogP contribution in [0.2, 0.25) is 0 Å². The number of ether oxygens (including phenoxy) is 2. The second kappa shape index (κ2) is 5.96. The van der Waals surface area contributed by atoms with Crippen LogP contribution >= 0.6 is 0 Å². The fourth-order valence-corrected chi connectivity index (χ4v) is 1.42. The molecule has 0 radical (unpaired) electrons. The first kappa shape index (κ1) is 13.9. The van der Waals surface area contributed by atoms with Crippen LogP contribution in [0.25, 0.3) is 0 Å². The van der Waals surface area contributed by atoms with Gasteiger partial charge >= 0.3 is 5.97 Å². The average molecular weight is 255 g/mol. The quantitative estimate of drug-likeness (QED) is 0.776. The maximum absolute atomic E-state index is 12.8. The molecule has 96 valence electrons. The average Bonchev–Trinajstić information content (AvgIpc) is 2.37. The molecule has 4 nitrogen and oxygen atoms in total. The van der Waals surface area contributed by atoms with E-state index in [0.29, 0.717) is 0 Å². The van der Waals surface area contributed by atoms with Gasteiger partial charge < -0.3 is 9.47 Å². The Bertz CT molecular complexity index is 495. The van der Waals surface area contributed by atoms with Crippen LogP contribution in [-0.2, 0) is 4.74 Å². The van der Waals surface area contributed by atoms with E-state index < -0.39 is 18.0 Å². The van der Waals surface area contributed by atoms with E-state index in [4.69, 9.17) is 14.7 Å². The molecule has 0 unspecified atom stereocenters. The van der Waals surface area contributed by atoms with Crippen molar-refractivity contribution in [1.29, 1.82) is 5.26 Å². The van der Waals surface area contributed by atoms with Gasteiger partial charge in [-0.1, -0.05) is 0 Å². The van der Waals surface area contributed by atoms with E-state index in [1.54, 1.807) is 13.0 Å². The summed E-state index contributed by atoms with van der Waals surface area (Å²) in [5.74, 6) is -0.748. The number of esters is 1. The normalized spacial score (nSPS) is 10.0. The van der Waals surface area contributed by atoms with Crippen molar-refractivity contribution in [3.05, 3.63) is 28.8 Å². The van der Waals surface area contributed by atoms with Crippen molar-refractivity contribution < 1.29 is 23.0 Å². The zero-order chi connectivity index (χ0) is 13.7. The van der Waals surface area contributed by atoms with Crippen LogP contribution in [0, 0.1) is 11.3 Å². The van der Waals surface area contributed by atoms with Crippen molar-refractivity contribution in [2.24, 2.45) is 0 Å². The zero-order valence-corrected chi connectivity index (χ0v) is 9.87. The summed E-state index contributed by atoms with van der Waals surface area (Å²) >= 11 is 0. The molecule has 0 aliphatic heterocycles. The first-order valence-electron chi connectivity index (χ1n) is 5.12. The van der Waals surface area contributed by atoms with Crippen LogP contribution in [0.5, 0.6) is 5.75 Å². The fourth-order valence-electron chi connectivity index (χ4n) is 1.42. The molecule has 1 aromatic carbocycles. The summed E-state index contributed by atoms with van der Waals surface area (Å²) in [6.45, 7) is 1.67. The van der Waals surface area contributed by atoms with Crippen molar-refractivity contribution in [2.75, 3.05) is 13.7 Å². The van der Waals surface area contributed by atoms with E-state index in [2.05, 4.69) is 0 Å². The van der Waals surface area contributed by atoms with Gasteiger partial charge in [-0.15, -0.1) is 0 Å². The minimum absolute atomic E-state index is 0.0763. The van der Waals surface area contributed by atoms with Gasteiger partial charge in [0.25, 0.3) is 6.43 Å². The van der Waals surface area contributed by atoms with Crippen LogP contribution in [0.15, 0.2) is 12.1 Å². The predicted molar refractivity (Wildman–Crippen MR) is 58.6 cm³/mol. The third kappa shape index (κ3) is 2.74. The van der Waals surface area contributed by atoms with Gasteiger partial charge in [0.1, 0.15) is 11.8 Å². The maximum atomic E-state index is 12.8. The Hall–Kier alpha value is -2.16. The first-order chi connectivity index (χ1) is 8.54. The molecular formula is C12H11F2NO3. The molecule has 1 aromatic rings. The molecule has 6 heteroatoms. The van der Waals surface area contributed by atoms with Gasteiger partial charge in [0.15, 0.2) is 0 Å². The number of hydrogen-bond donors (Lipinski definition) is 0. The lowest BCUT2D eigenvalue weighted by atomic mass is 10.0. The Morgan fingerprint density at radius 3 is 2.61 bits per heavy atom. The lowest BCUT2D eigenvalue weighted by Gasteiger charge is -2.11. The second-order valence-electron chi connectivity index (χ2n) is 3.27. The van der Waals surface area contributed by atoms with Gasteiger partial charge in [-0.3, -0.25) is 0 Å². The first-order valence-corrected chi connectivity index (χ1v) is 5.12. The highest BCUT2D eigenvalue weighted by Crippen LogP contribution is 2.30. The van der Waals surface area contributed by atoms with Crippen molar-refractivity contribution >= 4 is 5.97 Å². The van der Waals surface area contributed by atoms with Crippen LogP contribution in [-0.4, -0.2) is 19.7 Å². The monoisotopic (exact) mass is 255 g/mol. The minimum atomic E-state index is -2.87. The Morgan fingerprint density at radius 1 is 1.50 bits per heavy atom. The largest absolute Gasteiger partial charge is 0.497 e. The number of benzene rings is 1. The van der Waals surface area contributed by atoms with E-state index in [9.17, 15) is 13.6 Å². The van der Waals surface area contributed by atoms with E-state index in [1.807, 2.05) is 0 Å². The molecule has 0 saturated carbocycles. The number of methoxy groups -OCH3 is 1. The molecule has 0 saturated heterocycles. The number of rotatable bonds is 4. The fraction of sp³-hybridized carbons (Fsp3) is 0.333. The summed E-state index contributed by atoms with van der Waals surface area (Å²) in [6.07, 6.45) is -2.87. The number of hydrogen-bond acceptors (Lipinski definition) is 4. The third-order valence-corrected chi connectivity index (χ3v) is 2.22. The highest BCUT2D eigenvalue weighted by molar-refractivity contribution is 5.93. The molecule has 0 aliphatic rings. The summed E-state index contributed by atoms with van der Waals surface area (Å²) in [4.78, 5) is 11.6. The van der Waals surface area contributed by atoms with Crippen molar-refractivity contribution in [2.45, 2.75) is 13.3 Å². The van der Waals surface area contributed by atoms with Crippen LogP contribution in [0.3, 0.4) is 0 Å². The lowest BCUT2D eigenvalue weighted by Crippen LogP contribution is -2.09. The molecule has 18 heavy (non-hydrogen) atoms. The van der Waals surface area contributed by atoms with Crippen LogP contribution in [0.1, 0.15) is 34.8 Å².